The van der Waals surface area contributed by atoms with E-state index in [9.17, 15) is 14.4 Å². The number of nitrogens with zero attached hydrogens (tertiary/aromatic N) is 9. The van der Waals surface area contributed by atoms with Gasteiger partial charge in [-0.25, -0.2) is 4.98 Å². The minimum Gasteiger partial charge on any atom is -0.496 e. The third-order valence-corrected chi connectivity index (χ3v) is 17.8. The molecule has 562 valence electrons. The number of H-pyrrole nitrogens is 3. The topological polar surface area (TPSA) is 396 Å². The van der Waals surface area contributed by atoms with Gasteiger partial charge in [0.2, 0.25) is 16.1 Å². The molecule has 7 aromatic heterocycles. The van der Waals surface area contributed by atoms with Gasteiger partial charge in [0.25, 0.3) is 17.1 Å². The van der Waals surface area contributed by atoms with Crippen molar-refractivity contribution < 1.29 is 37.4 Å². The first-order chi connectivity index (χ1) is 52.4. The van der Waals surface area contributed by atoms with E-state index in [1.165, 1.54) is 56.9 Å². The second-order valence-corrected chi connectivity index (χ2v) is 26.9. The fourth-order valence-corrected chi connectivity index (χ4v) is 11.6. The molecule has 0 atom stereocenters. The highest BCUT2D eigenvalue weighted by Gasteiger charge is 2.14. The van der Waals surface area contributed by atoms with E-state index in [0.29, 0.717) is 52.2 Å². The Morgan fingerprint density at radius 2 is 1.02 bits per heavy atom. The van der Waals surface area contributed by atoms with Gasteiger partial charge in [0.1, 0.15) is 21.5 Å². The van der Waals surface area contributed by atoms with Crippen molar-refractivity contribution in [1.82, 2.24) is 61.5 Å². The number of carbonyl (C=O) groups is 1. The summed E-state index contributed by atoms with van der Waals surface area (Å²) in [5.74, 6) is 4.14. The number of benzene rings is 8. The molecular weight excluding hydrogens is 1440 g/mol. The normalized spacial score (nSPS) is 10.2. The number of ether oxygens (including phenoxy) is 2. The lowest BCUT2D eigenvalue weighted by molar-refractivity contribution is -0.136. The van der Waals surface area contributed by atoms with Crippen LogP contribution in [0.1, 0.15) is 57.0 Å². The fourth-order valence-electron chi connectivity index (χ4n) is 9.55. The molecule has 0 amide bonds. The number of oxazole rings is 1. The zero-order valence-electron chi connectivity index (χ0n) is 62.1. The molecule has 0 saturated heterocycles. The second-order valence-electron chi connectivity index (χ2n) is 24.0. The molecule has 15 rings (SSSR count). The quantitative estimate of drug-likeness (QED) is 0.0469. The molecule has 0 aliphatic heterocycles. The number of carboxylic acids is 1. The molecule has 0 saturated carbocycles. The van der Waals surface area contributed by atoms with Gasteiger partial charge in [-0.05, 0) is 121 Å². The highest BCUT2D eigenvalue weighted by atomic mass is 32.2. The van der Waals surface area contributed by atoms with Gasteiger partial charge in [-0.15, -0.1) is 42.4 Å². The number of aryl methyl sites for hydroxylation is 8. The highest BCUT2D eigenvalue weighted by molar-refractivity contribution is 7.98. The Bertz CT molecular complexity index is 5180. The molecule has 15 aromatic rings. The lowest BCUT2D eigenvalue weighted by atomic mass is 10.1. The van der Waals surface area contributed by atoms with Gasteiger partial charge >= 0.3 is 5.97 Å². The van der Waals surface area contributed by atoms with Crippen molar-refractivity contribution in [2.24, 2.45) is 0 Å². The summed E-state index contributed by atoms with van der Waals surface area (Å²) in [4.78, 5) is 37.1. The zero-order chi connectivity index (χ0) is 78.4. The number of aliphatic carboxylic acids is 1. The third kappa shape index (κ3) is 25.9. The van der Waals surface area contributed by atoms with Crippen LogP contribution in [0.15, 0.2) is 233 Å². The van der Waals surface area contributed by atoms with Crippen LogP contribution in [0.3, 0.4) is 0 Å². The Morgan fingerprint density at radius 3 is 1.45 bits per heavy atom. The third-order valence-electron chi connectivity index (χ3n) is 15.2. The maximum Gasteiger partial charge on any atom is 0.307 e. The van der Waals surface area contributed by atoms with Crippen LogP contribution in [-0.2, 0) is 11.2 Å². The number of anilines is 4. The molecule has 0 aliphatic rings. The van der Waals surface area contributed by atoms with Crippen LogP contribution in [0.4, 0.5) is 22.1 Å². The summed E-state index contributed by atoms with van der Waals surface area (Å²) in [5, 5.41) is 52.5. The summed E-state index contributed by atoms with van der Waals surface area (Å²) in [5.41, 5.74) is 32.9. The van der Waals surface area contributed by atoms with Gasteiger partial charge in [0.05, 0.1) is 49.6 Å². The maximum absolute atomic E-state index is 10.9. The molecule has 26 nitrogen and oxygen atoms in total. The second kappa shape index (κ2) is 41.1. The number of rotatable bonds is 14. The summed E-state index contributed by atoms with van der Waals surface area (Å²) < 4.78 is 30.9. The predicted octanol–water partition coefficient (Wildman–Crippen LogP) is 16.9. The largest absolute Gasteiger partial charge is 0.496 e. The van der Waals surface area contributed by atoms with E-state index < -0.39 is 5.97 Å². The van der Waals surface area contributed by atoms with E-state index >= 15 is 0 Å². The molecule has 29 heteroatoms. The number of methoxy groups -OCH3 is 1. The number of hydrogen-bond acceptors (Lipinski definition) is 25. The first-order valence-corrected chi connectivity index (χ1v) is 36.6. The number of aromatic amines is 3. The lowest BCUT2D eigenvalue weighted by Crippen LogP contribution is -2.01. The summed E-state index contributed by atoms with van der Waals surface area (Å²) in [6.45, 7) is 18.8. The summed E-state index contributed by atoms with van der Waals surface area (Å²) in [7, 11) is 3.43. The van der Waals surface area contributed by atoms with Gasteiger partial charge in [-0.3, -0.25) is 14.4 Å². The van der Waals surface area contributed by atoms with Crippen LogP contribution in [-0.4, -0.2) is 99.6 Å². The van der Waals surface area contributed by atoms with Crippen LogP contribution in [0.25, 0.3) is 77.8 Å². The molecule has 0 bridgehead atoms. The molecule has 8 aromatic carbocycles. The minimum absolute atomic E-state index is 0.108. The number of thioether (sulfide) groups is 1. The standard InChI is InChI=1S/C11H11NO3.C10H12N4O.C10H11N3S.2C10H10N2O.C10H9NO2.C10H12O2S.C9H9N3S/c1-7-3-4-8(9(5-7)14-2)10-6-11(13)12-15-10;1-3-15-9-6-7(2)4-5-8(9)10-11-13-14-12-10;1-7-3-5-8(6-4-7)9-12-13-10(11-2)14-9;1-7-2-4-8(5-3-7)9-6-12-10(11)13-9;1-7-2-4-8(5-3-7)9-6-10(11)12-13-9;1-7-2-4-8(5-3-7)9-6-10(12)11-13-9;1-7-3-4-8(6-10(11)12)9(5-7)13-2;1-6-2-4-7(5-3-6)8-11-12-9(10)13-8/h3-6H,1-2H3,(H,12,13);4-6H,3H2,1-2H3,(H,11,12,13,14);3-6H,1-2H3,(H,11,13);2*2-6H,1H3,(H2,11,12);2-6H,1H3,(H,11,12);3-5H,6H2,1-2H3,(H,11,12);2-5H,1H3,(H2,10,12). The van der Waals surface area contributed by atoms with Crippen LogP contribution >= 0.6 is 34.4 Å². The van der Waals surface area contributed by atoms with E-state index in [1.807, 2.05) is 213 Å². The van der Waals surface area contributed by atoms with E-state index in [0.717, 1.165) is 81.4 Å². The van der Waals surface area contributed by atoms with Gasteiger partial charge in [0, 0.05) is 45.8 Å². The van der Waals surface area contributed by atoms with Gasteiger partial charge in [-0.1, -0.05) is 207 Å². The number of nitrogens with one attached hydrogen (secondary N) is 4. The Hall–Kier alpha value is -13.0. The van der Waals surface area contributed by atoms with Crippen molar-refractivity contribution in [3.05, 3.63) is 271 Å². The number of tetrazole rings is 1. The van der Waals surface area contributed by atoms with Crippen LogP contribution in [0, 0.1) is 55.4 Å². The van der Waals surface area contributed by atoms with Crippen molar-refractivity contribution in [3.63, 3.8) is 0 Å². The van der Waals surface area contributed by atoms with Crippen LogP contribution < -0.4 is 43.1 Å². The molecule has 7 heterocycles. The predicted molar refractivity (Wildman–Crippen MR) is 432 cm³/mol. The molecule has 0 radical (unpaired) electrons. The molecule has 0 aliphatic carbocycles. The maximum atomic E-state index is 10.9. The fraction of sp³-hybridized carbons (Fsp3) is 0.175. The SMILES string of the molecule is CCOc1cc(C)ccc1-c1nn[nH]n1.CNc1nnc(-c2ccc(C)cc2)s1.COc1cc(C)ccc1-c1cc(=O)[nH]o1.CSc1cc(C)ccc1CC(=O)O.Cc1ccc(-c2cc(=O)[nH]o2)cc1.Cc1ccc(-c2cc(N)no2)cc1.Cc1ccc(-c2cnc(N)o2)cc1.Cc1ccc(-c2nnc(N)s2)cc1. The number of aromatic nitrogens is 12. The van der Waals surface area contributed by atoms with E-state index in [2.05, 4.69) is 105 Å². The Kier molecular flexibility index (Phi) is 30.8. The van der Waals surface area contributed by atoms with Crippen molar-refractivity contribution in [1.29, 1.82) is 0 Å². The van der Waals surface area contributed by atoms with Gasteiger partial charge in [-0.2, -0.15) is 15.5 Å². The number of nitrogens with two attached hydrogens (primary N) is 3. The van der Waals surface area contributed by atoms with Crippen molar-refractivity contribution in [2.45, 2.75) is 73.6 Å². The molecular formula is C80H84N16O10S3. The molecule has 109 heavy (non-hydrogen) atoms. The van der Waals surface area contributed by atoms with Gasteiger partial charge in [0.15, 0.2) is 28.9 Å². The number of hydrogen-bond donors (Lipinski definition) is 8. The van der Waals surface area contributed by atoms with Crippen molar-refractivity contribution in [2.75, 3.05) is 49.5 Å². The van der Waals surface area contributed by atoms with E-state index in [-0.39, 0.29) is 23.6 Å². The van der Waals surface area contributed by atoms with Crippen molar-refractivity contribution >= 4 is 62.5 Å². The number of carboxylic acid groups (broad SMARTS) is 1. The van der Waals surface area contributed by atoms with Crippen LogP contribution in [0.5, 0.6) is 11.5 Å². The molecule has 0 spiro atoms. The molecule has 0 unspecified atom stereocenters. The summed E-state index contributed by atoms with van der Waals surface area (Å²) >= 11 is 4.55. The van der Waals surface area contributed by atoms with Gasteiger partial charge < -0.3 is 55.1 Å². The Balaban J connectivity index is 0.000000157. The van der Waals surface area contributed by atoms with Crippen molar-refractivity contribution in [3.8, 4) is 89.3 Å². The highest BCUT2D eigenvalue weighted by Crippen LogP contribution is 2.32. The van der Waals surface area contributed by atoms with E-state index in [4.69, 9.17) is 49.8 Å². The lowest BCUT2D eigenvalue weighted by Gasteiger charge is -2.07. The first-order valence-electron chi connectivity index (χ1n) is 33.7. The summed E-state index contributed by atoms with van der Waals surface area (Å²) in [6.07, 6.45) is 3.69. The van der Waals surface area contributed by atoms with E-state index in [1.54, 1.807) is 42.5 Å². The zero-order valence-corrected chi connectivity index (χ0v) is 64.5. The Morgan fingerprint density at radius 1 is 0.541 bits per heavy atom. The summed E-state index contributed by atoms with van der Waals surface area (Å²) in [6, 6.07) is 62.4. The number of nitrogen functional groups attached to an aromatic ring is 3. The first kappa shape index (κ1) is 81.7. The smallest absolute Gasteiger partial charge is 0.307 e. The van der Waals surface area contributed by atoms with Crippen LogP contribution in [0.2, 0.25) is 0 Å². The molecule has 11 N–H and O–H groups in total. The monoisotopic (exact) mass is 1520 g/mol. The average Bonchev–Trinajstić information content (AvgIpc) is 1.70. The average molecular weight is 1530 g/mol. The minimum atomic E-state index is -0.779. The molecule has 0 fully saturated rings. The Labute approximate surface area is 641 Å².